The van der Waals surface area contributed by atoms with E-state index in [0.29, 0.717) is 6.04 Å². The fraction of sp³-hybridized carbons (Fsp3) is 1.00. The predicted octanol–water partition coefficient (Wildman–Crippen LogP) is 2.04. The van der Waals surface area contributed by atoms with Crippen LogP contribution in [0, 0.1) is 5.92 Å². The summed E-state index contributed by atoms with van der Waals surface area (Å²) >= 11 is 0. The standard InChI is InChI=1S/C14H27NO2/c1-12-3-6-14(16,7-4-12)11-15-8-10-17-9-5-13(15)2/h12-13,16H,3-11H2,1-2H3. The largest absolute Gasteiger partial charge is 0.389 e. The first-order valence-electron chi connectivity index (χ1n) is 7.13. The number of rotatable bonds is 2. The molecule has 2 aliphatic rings. The molecule has 0 amide bonds. The van der Waals surface area contributed by atoms with Crippen molar-refractivity contribution in [1.82, 2.24) is 4.90 Å². The third-order valence-electron chi connectivity index (χ3n) is 4.53. The van der Waals surface area contributed by atoms with Crippen molar-refractivity contribution in [3.8, 4) is 0 Å². The molecule has 0 bridgehead atoms. The summed E-state index contributed by atoms with van der Waals surface area (Å²) in [5.74, 6) is 0.792. The molecule has 1 N–H and O–H groups in total. The molecule has 1 saturated heterocycles. The average Bonchev–Trinajstić information content (AvgIpc) is 2.49. The van der Waals surface area contributed by atoms with Gasteiger partial charge in [0.05, 0.1) is 12.2 Å². The van der Waals surface area contributed by atoms with Gasteiger partial charge >= 0.3 is 0 Å². The minimum atomic E-state index is -0.439. The van der Waals surface area contributed by atoms with Crippen LogP contribution in [0.1, 0.15) is 46.0 Å². The minimum Gasteiger partial charge on any atom is -0.389 e. The maximum atomic E-state index is 10.7. The smallest absolute Gasteiger partial charge is 0.0774 e. The molecule has 1 aliphatic carbocycles. The highest BCUT2D eigenvalue weighted by atomic mass is 16.5. The second-order valence-corrected chi connectivity index (χ2v) is 6.13. The molecule has 1 saturated carbocycles. The third kappa shape index (κ3) is 3.67. The Bertz CT molecular complexity index is 236. The van der Waals surface area contributed by atoms with Gasteiger partial charge in [0.2, 0.25) is 0 Å². The number of hydrogen-bond acceptors (Lipinski definition) is 3. The zero-order chi connectivity index (χ0) is 12.3. The second kappa shape index (κ2) is 5.68. The quantitative estimate of drug-likeness (QED) is 0.803. The van der Waals surface area contributed by atoms with Crippen LogP contribution in [0.15, 0.2) is 0 Å². The predicted molar refractivity (Wildman–Crippen MR) is 69.1 cm³/mol. The topological polar surface area (TPSA) is 32.7 Å². The molecule has 1 heterocycles. The summed E-state index contributed by atoms with van der Waals surface area (Å²) in [5.41, 5.74) is -0.439. The van der Waals surface area contributed by atoms with Gasteiger partial charge in [-0.05, 0) is 44.9 Å². The summed E-state index contributed by atoms with van der Waals surface area (Å²) in [6.07, 6.45) is 5.38. The van der Waals surface area contributed by atoms with Crippen molar-refractivity contribution in [3.05, 3.63) is 0 Å². The van der Waals surface area contributed by atoms with E-state index in [1.807, 2.05) is 0 Å². The second-order valence-electron chi connectivity index (χ2n) is 6.13. The molecule has 0 aromatic carbocycles. The molecule has 17 heavy (non-hydrogen) atoms. The maximum absolute atomic E-state index is 10.7. The van der Waals surface area contributed by atoms with E-state index in [4.69, 9.17) is 4.74 Å². The van der Waals surface area contributed by atoms with E-state index < -0.39 is 5.60 Å². The molecule has 1 unspecified atom stereocenters. The Morgan fingerprint density at radius 3 is 2.59 bits per heavy atom. The minimum absolute atomic E-state index is 0.439. The van der Waals surface area contributed by atoms with Gasteiger partial charge in [0, 0.05) is 25.7 Å². The summed E-state index contributed by atoms with van der Waals surface area (Å²) in [4.78, 5) is 2.42. The molecule has 0 aromatic heterocycles. The van der Waals surface area contributed by atoms with Gasteiger partial charge in [-0.3, -0.25) is 4.90 Å². The summed E-state index contributed by atoms with van der Waals surface area (Å²) in [5, 5.41) is 10.7. The molecule has 2 fully saturated rings. The highest BCUT2D eigenvalue weighted by molar-refractivity contribution is 4.89. The lowest BCUT2D eigenvalue weighted by molar-refractivity contribution is -0.0421. The monoisotopic (exact) mass is 241 g/mol. The SMILES string of the molecule is CC1CCC(O)(CN2CCOCCC2C)CC1. The van der Waals surface area contributed by atoms with Gasteiger partial charge in [-0.15, -0.1) is 0 Å². The summed E-state index contributed by atoms with van der Waals surface area (Å²) in [7, 11) is 0. The van der Waals surface area contributed by atoms with Crippen LogP contribution in [0.5, 0.6) is 0 Å². The van der Waals surface area contributed by atoms with E-state index in [9.17, 15) is 5.11 Å². The Kier molecular flexibility index (Phi) is 4.45. The normalized spacial score (nSPS) is 41.1. The average molecular weight is 241 g/mol. The van der Waals surface area contributed by atoms with Gasteiger partial charge in [-0.2, -0.15) is 0 Å². The Balaban J connectivity index is 1.89. The van der Waals surface area contributed by atoms with Crippen LogP contribution in [-0.2, 0) is 4.74 Å². The van der Waals surface area contributed by atoms with Crippen molar-refractivity contribution in [2.75, 3.05) is 26.3 Å². The van der Waals surface area contributed by atoms with Crippen LogP contribution in [0.3, 0.4) is 0 Å². The number of nitrogens with zero attached hydrogens (tertiary/aromatic N) is 1. The number of aliphatic hydroxyl groups is 1. The third-order valence-corrected chi connectivity index (χ3v) is 4.53. The Labute approximate surface area is 105 Å². The van der Waals surface area contributed by atoms with Crippen molar-refractivity contribution >= 4 is 0 Å². The van der Waals surface area contributed by atoms with E-state index in [1.54, 1.807) is 0 Å². The van der Waals surface area contributed by atoms with Gasteiger partial charge in [0.15, 0.2) is 0 Å². The fourth-order valence-electron chi connectivity index (χ4n) is 3.01. The molecule has 1 aliphatic heterocycles. The maximum Gasteiger partial charge on any atom is 0.0774 e. The molecular weight excluding hydrogens is 214 g/mol. The molecule has 0 spiro atoms. The van der Waals surface area contributed by atoms with Crippen LogP contribution in [0.25, 0.3) is 0 Å². The van der Waals surface area contributed by atoms with Gasteiger partial charge in [-0.25, -0.2) is 0 Å². The first-order valence-corrected chi connectivity index (χ1v) is 7.13. The Morgan fingerprint density at radius 1 is 1.18 bits per heavy atom. The molecular formula is C14H27NO2. The lowest BCUT2D eigenvalue weighted by Crippen LogP contribution is -2.48. The molecule has 100 valence electrons. The van der Waals surface area contributed by atoms with Crippen molar-refractivity contribution in [3.63, 3.8) is 0 Å². The lowest BCUT2D eigenvalue weighted by Gasteiger charge is -2.40. The van der Waals surface area contributed by atoms with Gasteiger partial charge in [0.1, 0.15) is 0 Å². The Morgan fingerprint density at radius 2 is 1.88 bits per heavy atom. The van der Waals surface area contributed by atoms with Gasteiger partial charge in [0.25, 0.3) is 0 Å². The van der Waals surface area contributed by atoms with E-state index >= 15 is 0 Å². The highest BCUT2D eigenvalue weighted by Gasteiger charge is 2.34. The highest BCUT2D eigenvalue weighted by Crippen LogP contribution is 2.33. The van der Waals surface area contributed by atoms with Gasteiger partial charge in [-0.1, -0.05) is 6.92 Å². The van der Waals surface area contributed by atoms with Crippen LogP contribution in [0.4, 0.5) is 0 Å². The van der Waals surface area contributed by atoms with Gasteiger partial charge < -0.3 is 9.84 Å². The van der Waals surface area contributed by atoms with Crippen LogP contribution in [-0.4, -0.2) is 48.0 Å². The zero-order valence-corrected chi connectivity index (χ0v) is 11.3. The Hall–Kier alpha value is -0.120. The van der Waals surface area contributed by atoms with Crippen molar-refractivity contribution < 1.29 is 9.84 Å². The molecule has 3 nitrogen and oxygen atoms in total. The first kappa shape index (κ1) is 13.3. The summed E-state index contributed by atoms with van der Waals surface area (Å²) in [6, 6.07) is 0.542. The number of β-amino-alcohol motifs (C(OH)–C–C–N with tert-alkyl or cyclic N) is 1. The summed E-state index contributed by atoms with van der Waals surface area (Å²) < 4.78 is 5.51. The van der Waals surface area contributed by atoms with Crippen molar-refractivity contribution in [2.45, 2.75) is 57.6 Å². The molecule has 0 aromatic rings. The fourth-order valence-corrected chi connectivity index (χ4v) is 3.01. The van der Waals surface area contributed by atoms with Crippen LogP contribution < -0.4 is 0 Å². The number of ether oxygens (including phenoxy) is 1. The van der Waals surface area contributed by atoms with E-state index in [2.05, 4.69) is 18.7 Å². The van der Waals surface area contributed by atoms with E-state index in [-0.39, 0.29) is 0 Å². The number of hydrogen-bond donors (Lipinski definition) is 1. The first-order chi connectivity index (χ1) is 8.09. The molecule has 2 rings (SSSR count). The van der Waals surface area contributed by atoms with E-state index in [1.165, 1.54) is 12.8 Å². The molecule has 1 atom stereocenters. The van der Waals surface area contributed by atoms with E-state index in [0.717, 1.165) is 51.5 Å². The lowest BCUT2D eigenvalue weighted by atomic mass is 9.79. The van der Waals surface area contributed by atoms with Crippen LogP contribution in [0.2, 0.25) is 0 Å². The van der Waals surface area contributed by atoms with Crippen LogP contribution >= 0.6 is 0 Å². The zero-order valence-electron chi connectivity index (χ0n) is 11.3. The van der Waals surface area contributed by atoms with Crippen molar-refractivity contribution in [1.29, 1.82) is 0 Å². The summed E-state index contributed by atoms with van der Waals surface area (Å²) in [6.45, 7) is 8.04. The molecule has 3 heteroatoms. The van der Waals surface area contributed by atoms with Crippen molar-refractivity contribution in [2.24, 2.45) is 5.92 Å². The molecule has 0 radical (unpaired) electrons.